The highest BCUT2D eigenvalue weighted by atomic mass is 16.5. The minimum Gasteiger partial charge on any atom is -0.343 e. The molecule has 1 aromatic carbocycles. The summed E-state index contributed by atoms with van der Waals surface area (Å²) in [6.45, 7) is 0.651. The Morgan fingerprint density at radius 2 is 2.12 bits per heavy atom. The second kappa shape index (κ2) is 6.51. The van der Waals surface area contributed by atoms with Crippen LogP contribution >= 0.6 is 0 Å². The number of piperidine rings is 1. The monoisotopic (exact) mass is 338 g/mol. The molecule has 1 amide bonds. The van der Waals surface area contributed by atoms with E-state index < -0.39 is 0 Å². The topological polar surface area (TPSA) is 81.2 Å². The highest BCUT2D eigenvalue weighted by Gasteiger charge is 2.30. The Morgan fingerprint density at radius 1 is 1.24 bits per heavy atom. The molecule has 2 aromatic heterocycles. The summed E-state index contributed by atoms with van der Waals surface area (Å²) in [5.74, 6) is 0.422. The maximum Gasteiger partial charge on any atom is 0.258 e. The first-order valence-corrected chi connectivity index (χ1v) is 8.38. The van der Waals surface area contributed by atoms with Crippen LogP contribution in [0.3, 0.4) is 0 Å². The summed E-state index contributed by atoms with van der Waals surface area (Å²) >= 11 is 0. The van der Waals surface area contributed by atoms with Gasteiger partial charge in [-0.05, 0) is 36.8 Å². The number of pyridine rings is 1. The van der Waals surface area contributed by atoms with E-state index in [0.717, 1.165) is 24.6 Å². The van der Waals surface area contributed by atoms with Crippen LogP contribution in [0.25, 0.3) is 10.8 Å². The summed E-state index contributed by atoms with van der Waals surface area (Å²) in [5, 5.41) is 5.38. The molecule has 25 heavy (non-hydrogen) atoms. The number of likely N-dealkylation sites (tertiary alicyclic amines) is 1. The largest absolute Gasteiger partial charge is 0.343 e. The molecule has 1 aliphatic heterocycles. The number of amides is 1. The first kappa shape index (κ1) is 15.6. The Labute approximate surface area is 143 Å². The molecule has 0 bridgehead atoms. The molecule has 0 aliphatic carbocycles. The van der Waals surface area contributed by atoms with Crippen LogP contribution in [-0.4, -0.2) is 32.1 Å². The van der Waals surface area contributed by atoms with Gasteiger partial charge in [0.25, 0.3) is 5.56 Å². The van der Waals surface area contributed by atoms with E-state index in [2.05, 4.69) is 10.1 Å². The highest BCUT2D eigenvalue weighted by molar-refractivity contribution is 5.82. The van der Waals surface area contributed by atoms with E-state index in [1.165, 1.54) is 11.0 Å². The number of carbonyl (C=O) groups excluding carboxylic acids is 1. The molecule has 7 heteroatoms. The van der Waals surface area contributed by atoms with Crippen LogP contribution in [0.4, 0.5) is 0 Å². The summed E-state index contributed by atoms with van der Waals surface area (Å²) in [6, 6.07) is 9.06. The van der Waals surface area contributed by atoms with Crippen LogP contribution < -0.4 is 5.56 Å². The Kier molecular flexibility index (Phi) is 4.05. The molecular weight excluding hydrogens is 320 g/mol. The smallest absolute Gasteiger partial charge is 0.258 e. The molecule has 128 valence electrons. The van der Waals surface area contributed by atoms with Gasteiger partial charge in [0.05, 0.1) is 6.04 Å². The van der Waals surface area contributed by atoms with Crippen LogP contribution in [0.15, 0.2) is 52.2 Å². The van der Waals surface area contributed by atoms with Crippen molar-refractivity contribution in [3.8, 4) is 0 Å². The van der Waals surface area contributed by atoms with Crippen molar-refractivity contribution >= 4 is 16.7 Å². The van der Waals surface area contributed by atoms with Gasteiger partial charge in [-0.3, -0.25) is 9.59 Å². The lowest BCUT2D eigenvalue weighted by Crippen LogP contribution is -2.42. The summed E-state index contributed by atoms with van der Waals surface area (Å²) in [6.07, 6.45) is 5.71. The molecule has 0 radical (unpaired) electrons. The van der Waals surface area contributed by atoms with Crippen molar-refractivity contribution in [3.63, 3.8) is 0 Å². The molecule has 1 fully saturated rings. The number of aromatic nitrogens is 3. The number of fused-ring (bicyclic) bond motifs is 1. The van der Waals surface area contributed by atoms with Gasteiger partial charge < -0.3 is 14.0 Å². The van der Waals surface area contributed by atoms with Gasteiger partial charge >= 0.3 is 0 Å². The molecular formula is C18H18N4O3. The summed E-state index contributed by atoms with van der Waals surface area (Å²) in [5.41, 5.74) is -0.153. The zero-order valence-electron chi connectivity index (χ0n) is 13.7. The predicted octanol–water partition coefficient (Wildman–Crippen LogP) is 2.14. The second-order valence-corrected chi connectivity index (χ2v) is 6.22. The fraction of sp³-hybridized carbons (Fsp3) is 0.333. The molecule has 3 heterocycles. The van der Waals surface area contributed by atoms with Gasteiger partial charge in [0.15, 0.2) is 5.82 Å². The lowest BCUT2D eigenvalue weighted by Gasteiger charge is -2.34. The van der Waals surface area contributed by atoms with Crippen LogP contribution in [0.5, 0.6) is 0 Å². The third-order valence-electron chi connectivity index (χ3n) is 4.69. The maximum atomic E-state index is 12.8. The molecule has 0 N–H and O–H groups in total. The summed E-state index contributed by atoms with van der Waals surface area (Å²) in [4.78, 5) is 31.3. The molecule has 1 atom stereocenters. The Bertz CT molecular complexity index is 948. The van der Waals surface area contributed by atoms with Gasteiger partial charge in [0.1, 0.15) is 6.54 Å². The van der Waals surface area contributed by atoms with Gasteiger partial charge in [-0.1, -0.05) is 23.4 Å². The van der Waals surface area contributed by atoms with Crippen LogP contribution in [-0.2, 0) is 11.3 Å². The first-order valence-electron chi connectivity index (χ1n) is 8.38. The summed E-state index contributed by atoms with van der Waals surface area (Å²) in [7, 11) is 0. The van der Waals surface area contributed by atoms with E-state index in [0.29, 0.717) is 17.8 Å². The van der Waals surface area contributed by atoms with Crippen molar-refractivity contribution in [1.29, 1.82) is 0 Å². The van der Waals surface area contributed by atoms with E-state index >= 15 is 0 Å². The third kappa shape index (κ3) is 2.93. The minimum atomic E-state index is -0.184. The second-order valence-electron chi connectivity index (χ2n) is 6.22. The number of hydrogen-bond acceptors (Lipinski definition) is 5. The number of benzene rings is 1. The van der Waals surface area contributed by atoms with Gasteiger partial charge in [-0.2, -0.15) is 4.98 Å². The number of hydrogen-bond donors (Lipinski definition) is 0. The van der Waals surface area contributed by atoms with Crippen LogP contribution in [0, 0.1) is 0 Å². The van der Waals surface area contributed by atoms with E-state index in [1.807, 2.05) is 24.3 Å². The van der Waals surface area contributed by atoms with E-state index in [9.17, 15) is 9.59 Å². The van der Waals surface area contributed by atoms with Crippen molar-refractivity contribution in [2.75, 3.05) is 6.54 Å². The molecule has 7 nitrogen and oxygen atoms in total. The SMILES string of the molecule is O=C(Cn1ccc2ccccc2c1=O)N1CCCC[C@H]1c1ncon1. The van der Waals surface area contributed by atoms with Gasteiger partial charge in [-0.15, -0.1) is 0 Å². The predicted molar refractivity (Wildman–Crippen MR) is 90.8 cm³/mol. The number of nitrogens with zero attached hydrogens (tertiary/aromatic N) is 4. The molecule has 3 aromatic rings. The van der Waals surface area contributed by atoms with Gasteiger partial charge in [-0.25, -0.2) is 0 Å². The maximum absolute atomic E-state index is 12.8. The Balaban J connectivity index is 1.61. The lowest BCUT2D eigenvalue weighted by atomic mass is 10.0. The standard InChI is InChI=1S/C18H18N4O3/c23-16(22-9-4-3-7-15(22)17-19-12-25-20-17)11-21-10-8-13-5-1-2-6-14(13)18(21)24/h1-2,5-6,8,10,12,15H,3-4,7,9,11H2/t15-/m0/s1. The molecule has 1 aliphatic rings. The average Bonchev–Trinajstić information content (AvgIpc) is 3.19. The van der Waals surface area contributed by atoms with Crippen molar-refractivity contribution in [1.82, 2.24) is 19.6 Å². The average molecular weight is 338 g/mol. The number of rotatable bonds is 3. The van der Waals surface area contributed by atoms with Gasteiger partial charge in [0.2, 0.25) is 12.3 Å². The minimum absolute atomic E-state index is 0.0119. The van der Waals surface area contributed by atoms with Crippen molar-refractivity contribution < 1.29 is 9.32 Å². The zero-order chi connectivity index (χ0) is 17.2. The first-order chi connectivity index (χ1) is 12.2. The third-order valence-corrected chi connectivity index (χ3v) is 4.69. The Morgan fingerprint density at radius 3 is 2.96 bits per heavy atom. The van der Waals surface area contributed by atoms with Crippen molar-refractivity contribution in [2.45, 2.75) is 31.8 Å². The van der Waals surface area contributed by atoms with Crippen molar-refractivity contribution in [3.05, 3.63) is 59.1 Å². The molecule has 0 spiro atoms. The normalized spacial score (nSPS) is 17.8. The molecule has 0 unspecified atom stereocenters. The summed E-state index contributed by atoms with van der Waals surface area (Å²) < 4.78 is 6.29. The van der Waals surface area contributed by atoms with Crippen LogP contribution in [0.1, 0.15) is 31.1 Å². The zero-order valence-corrected chi connectivity index (χ0v) is 13.7. The fourth-order valence-electron chi connectivity index (χ4n) is 3.41. The van der Waals surface area contributed by atoms with Crippen LogP contribution in [0.2, 0.25) is 0 Å². The fourth-order valence-corrected chi connectivity index (χ4v) is 3.41. The molecule has 4 rings (SSSR count). The number of carbonyl (C=O) groups is 1. The van der Waals surface area contributed by atoms with Crippen molar-refractivity contribution in [2.24, 2.45) is 0 Å². The van der Waals surface area contributed by atoms with Gasteiger partial charge in [0, 0.05) is 18.1 Å². The Hall–Kier alpha value is -2.96. The van der Waals surface area contributed by atoms with E-state index in [4.69, 9.17) is 4.52 Å². The quantitative estimate of drug-likeness (QED) is 0.731. The molecule has 0 saturated carbocycles. The highest BCUT2D eigenvalue weighted by Crippen LogP contribution is 2.28. The van der Waals surface area contributed by atoms with E-state index in [-0.39, 0.29) is 24.1 Å². The lowest BCUT2D eigenvalue weighted by molar-refractivity contribution is -0.136. The molecule has 1 saturated heterocycles. The van der Waals surface area contributed by atoms with E-state index in [1.54, 1.807) is 17.2 Å².